The van der Waals surface area contributed by atoms with Crippen molar-refractivity contribution < 1.29 is 4.52 Å². The van der Waals surface area contributed by atoms with E-state index in [1.165, 1.54) is 0 Å². The summed E-state index contributed by atoms with van der Waals surface area (Å²) in [6, 6.07) is 0. The van der Waals surface area contributed by atoms with Crippen molar-refractivity contribution in [1.29, 1.82) is 0 Å². The summed E-state index contributed by atoms with van der Waals surface area (Å²) in [6.45, 7) is 0. The first kappa shape index (κ1) is 7.54. The minimum Gasteiger partial charge on any atom is -0.344 e. The first-order valence-corrected chi connectivity index (χ1v) is 3.92. The van der Waals surface area contributed by atoms with Gasteiger partial charge in [-0.2, -0.15) is 4.98 Å². The van der Waals surface area contributed by atoms with Gasteiger partial charge in [0.05, 0.1) is 5.54 Å². The van der Waals surface area contributed by atoms with E-state index in [9.17, 15) is 0 Å². The molecule has 66 valence electrons. The van der Waals surface area contributed by atoms with Gasteiger partial charge in [-0.25, -0.2) is 0 Å². The topological polar surface area (TPSA) is 68.2 Å². The van der Waals surface area contributed by atoms with E-state index in [-0.39, 0.29) is 5.54 Å². The van der Waals surface area contributed by atoms with Gasteiger partial charge in [-0.05, 0) is 18.0 Å². The van der Waals surface area contributed by atoms with Crippen LogP contribution in [-0.4, -0.2) is 24.2 Å². The summed E-state index contributed by atoms with van der Waals surface area (Å²) >= 11 is 0. The quantitative estimate of drug-likeness (QED) is 0.677. The van der Waals surface area contributed by atoms with E-state index in [2.05, 4.69) is 10.1 Å². The molecule has 0 radical (unpaired) electrons. The molecule has 1 aromatic heterocycles. The molecule has 12 heavy (non-hydrogen) atoms. The van der Waals surface area contributed by atoms with Crippen LogP contribution >= 0.6 is 0 Å². The standard InChI is InChI=1S/C7H12N4O/c1-11(2)6-9-5(12-10-6)7(8)3-4-7/h3-4,8H2,1-2H3. The molecule has 0 spiro atoms. The van der Waals surface area contributed by atoms with Crippen molar-refractivity contribution in [3.05, 3.63) is 5.89 Å². The number of anilines is 1. The Bertz CT molecular complexity index is 289. The smallest absolute Gasteiger partial charge is 0.265 e. The van der Waals surface area contributed by atoms with E-state index < -0.39 is 0 Å². The van der Waals surface area contributed by atoms with Crippen LogP contribution in [0.4, 0.5) is 5.95 Å². The SMILES string of the molecule is CN(C)c1noc(C2(N)CC2)n1. The number of aromatic nitrogens is 2. The Hall–Kier alpha value is -1.10. The fourth-order valence-electron chi connectivity index (χ4n) is 0.948. The van der Waals surface area contributed by atoms with Crippen LogP contribution in [-0.2, 0) is 5.54 Å². The van der Waals surface area contributed by atoms with Crippen LogP contribution in [0.3, 0.4) is 0 Å². The number of hydrogen-bond donors (Lipinski definition) is 1. The number of nitrogens with two attached hydrogens (primary N) is 1. The lowest BCUT2D eigenvalue weighted by atomic mass is 10.3. The molecule has 5 heteroatoms. The maximum Gasteiger partial charge on any atom is 0.265 e. The van der Waals surface area contributed by atoms with Gasteiger partial charge in [0, 0.05) is 14.1 Å². The van der Waals surface area contributed by atoms with Gasteiger partial charge in [0.25, 0.3) is 5.95 Å². The normalized spacial score (nSPS) is 19.2. The Morgan fingerprint density at radius 3 is 2.58 bits per heavy atom. The van der Waals surface area contributed by atoms with Gasteiger partial charge in [-0.1, -0.05) is 0 Å². The van der Waals surface area contributed by atoms with Crippen molar-refractivity contribution in [3.63, 3.8) is 0 Å². The third-order valence-electron chi connectivity index (χ3n) is 2.03. The van der Waals surface area contributed by atoms with Crippen LogP contribution in [0.25, 0.3) is 0 Å². The molecule has 1 saturated carbocycles. The van der Waals surface area contributed by atoms with E-state index in [4.69, 9.17) is 10.3 Å². The molecular formula is C7H12N4O. The molecule has 1 aromatic rings. The molecule has 0 saturated heterocycles. The Labute approximate surface area is 70.5 Å². The summed E-state index contributed by atoms with van der Waals surface area (Å²) in [6.07, 6.45) is 1.89. The van der Waals surface area contributed by atoms with Crippen LogP contribution in [0.15, 0.2) is 4.52 Å². The van der Waals surface area contributed by atoms with Crippen LogP contribution in [0.2, 0.25) is 0 Å². The maximum absolute atomic E-state index is 5.87. The maximum atomic E-state index is 5.87. The zero-order chi connectivity index (χ0) is 8.77. The molecule has 1 fully saturated rings. The highest BCUT2D eigenvalue weighted by Gasteiger charge is 2.45. The first-order chi connectivity index (χ1) is 5.62. The highest BCUT2D eigenvalue weighted by molar-refractivity contribution is 5.26. The molecule has 1 aliphatic carbocycles. The predicted octanol–water partition coefficient (Wildman–Crippen LogP) is 0.0834. The molecule has 0 aliphatic heterocycles. The fraction of sp³-hybridized carbons (Fsp3) is 0.714. The Morgan fingerprint density at radius 1 is 1.50 bits per heavy atom. The summed E-state index contributed by atoms with van der Waals surface area (Å²) in [5.41, 5.74) is 5.55. The summed E-state index contributed by atoms with van der Waals surface area (Å²) in [5, 5.41) is 3.78. The second kappa shape index (κ2) is 2.20. The zero-order valence-electron chi connectivity index (χ0n) is 7.24. The fourth-order valence-corrected chi connectivity index (χ4v) is 0.948. The van der Waals surface area contributed by atoms with Crippen molar-refractivity contribution in [2.45, 2.75) is 18.4 Å². The molecule has 2 rings (SSSR count). The second-order valence-electron chi connectivity index (χ2n) is 3.45. The first-order valence-electron chi connectivity index (χ1n) is 3.92. The molecule has 1 aliphatic rings. The van der Waals surface area contributed by atoms with E-state index >= 15 is 0 Å². The molecule has 0 bridgehead atoms. The molecule has 0 amide bonds. The van der Waals surface area contributed by atoms with Crippen molar-refractivity contribution in [2.75, 3.05) is 19.0 Å². The summed E-state index contributed by atoms with van der Waals surface area (Å²) in [4.78, 5) is 5.96. The van der Waals surface area contributed by atoms with E-state index in [1.54, 1.807) is 4.90 Å². The van der Waals surface area contributed by atoms with E-state index in [0.717, 1.165) is 12.8 Å². The van der Waals surface area contributed by atoms with Crippen LogP contribution in [0, 0.1) is 0 Å². The average Bonchev–Trinajstić information content (AvgIpc) is 2.61. The largest absolute Gasteiger partial charge is 0.344 e. The molecule has 1 heterocycles. The third kappa shape index (κ3) is 1.06. The van der Waals surface area contributed by atoms with Crippen molar-refractivity contribution in [1.82, 2.24) is 10.1 Å². The van der Waals surface area contributed by atoms with Gasteiger partial charge in [0.2, 0.25) is 5.89 Å². The molecule has 0 unspecified atom stereocenters. The Balaban J connectivity index is 2.25. The molecule has 0 atom stereocenters. The Morgan fingerprint density at radius 2 is 2.17 bits per heavy atom. The van der Waals surface area contributed by atoms with Crippen LogP contribution in [0.5, 0.6) is 0 Å². The molecular weight excluding hydrogens is 156 g/mol. The summed E-state index contributed by atoms with van der Waals surface area (Å²) < 4.78 is 5.03. The van der Waals surface area contributed by atoms with Gasteiger partial charge in [-0.15, -0.1) is 0 Å². The molecule has 2 N–H and O–H groups in total. The highest BCUT2D eigenvalue weighted by atomic mass is 16.5. The van der Waals surface area contributed by atoms with Crippen molar-refractivity contribution >= 4 is 5.95 Å². The number of nitrogens with zero attached hydrogens (tertiary/aromatic N) is 3. The van der Waals surface area contributed by atoms with E-state index in [1.807, 2.05) is 14.1 Å². The summed E-state index contributed by atoms with van der Waals surface area (Å²) in [7, 11) is 3.73. The average molecular weight is 168 g/mol. The number of rotatable bonds is 2. The lowest BCUT2D eigenvalue weighted by molar-refractivity contribution is 0.347. The second-order valence-corrected chi connectivity index (χ2v) is 3.45. The number of hydrogen-bond acceptors (Lipinski definition) is 5. The summed E-state index contributed by atoms with van der Waals surface area (Å²) in [5.74, 6) is 1.15. The van der Waals surface area contributed by atoms with Crippen LogP contribution in [0.1, 0.15) is 18.7 Å². The zero-order valence-corrected chi connectivity index (χ0v) is 7.24. The van der Waals surface area contributed by atoms with Gasteiger partial charge in [0.1, 0.15) is 0 Å². The van der Waals surface area contributed by atoms with Crippen molar-refractivity contribution in [3.8, 4) is 0 Å². The third-order valence-corrected chi connectivity index (χ3v) is 2.03. The molecule has 5 nitrogen and oxygen atoms in total. The van der Waals surface area contributed by atoms with Gasteiger partial charge < -0.3 is 15.2 Å². The molecule has 0 aromatic carbocycles. The van der Waals surface area contributed by atoms with Gasteiger partial charge >= 0.3 is 0 Å². The minimum atomic E-state index is -0.318. The van der Waals surface area contributed by atoms with Gasteiger partial charge in [-0.3, -0.25) is 0 Å². The predicted molar refractivity (Wildman–Crippen MR) is 43.7 cm³/mol. The highest BCUT2D eigenvalue weighted by Crippen LogP contribution is 2.41. The monoisotopic (exact) mass is 168 g/mol. The van der Waals surface area contributed by atoms with Crippen LogP contribution < -0.4 is 10.6 Å². The van der Waals surface area contributed by atoms with Crippen molar-refractivity contribution in [2.24, 2.45) is 5.73 Å². The minimum absolute atomic E-state index is 0.318. The van der Waals surface area contributed by atoms with E-state index in [0.29, 0.717) is 11.8 Å². The Kier molecular flexibility index (Phi) is 1.38. The van der Waals surface area contributed by atoms with Gasteiger partial charge in [0.15, 0.2) is 0 Å². The lowest BCUT2D eigenvalue weighted by Crippen LogP contribution is -2.19. The lowest BCUT2D eigenvalue weighted by Gasteiger charge is -2.03.